The van der Waals surface area contributed by atoms with Gasteiger partial charge in [0.2, 0.25) is 0 Å². The number of fused-ring (bicyclic) bond motifs is 5. The van der Waals surface area contributed by atoms with Crippen molar-refractivity contribution in [2.45, 2.75) is 63.9 Å². The van der Waals surface area contributed by atoms with Crippen LogP contribution >= 0.6 is 0 Å². The van der Waals surface area contributed by atoms with Crippen LogP contribution in [0.1, 0.15) is 62.5 Å². The Morgan fingerprint density at radius 1 is 1.28 bits per heavy atom. The lowest BCUT2D eigenvalue weighted by molar-refractivity contribution is -0.137. The topological polar surface area (TPSA) is 77.8 Å². The number of aromatic hydroxyl groups is 1. The van der Waals surface area contributed by atoms with Gasteiger partial charge in [0.15, 0.2) is 0 Å². The van der Waals surface area contributed by atoms with Crippen molar-refractivity contribution in [3.05, 3.63) is 29.3 Å². The standard InChI is InChI=1S/C21H28O4/c1-21-11-13(3-9-19(24)25)20-15-6-4-14(22)10-12(15)2-5-16(20)17(21)7-8-18(21)23/h4,6,10,13,16-18,20,22-23H,2-3,5,7-9,11H2,1H3,(H,24,25)/t13-,16-,17-,18-,20+,21-/m0/s1. The monoisotopic (exact) mass is 344 g/mol. The van der Waals surface area contributed by atoms with E-state index in [1.54, 1.807) is 6.07 Å². The van der Waals surface area contributed by atoms with Gasteiger partial charge in [0, 0.05) is 6.42 Å². The largest absolute Gasteiger partial charge is 0.508 e. The number of aryl methyl sites for hydroxylation is 1. The molecule has 3 aliphatic carbocycles. The number of aliphatic carboxylic acids is 1. The van der Waals surface area contributed by atoms with Crippen LogP contribution in [0.3, 0.4) is 0 Å². The zero-order chi connectivity index (χ0) is 17.8. The number of carboxylic acids is 1. The molecule has 2 fully saturated rings. The molecule has 2 saturated carbocycles. The molecule has 4 nitrogen and oxygen atoms in total. The van der Waals surface area contributed by atoms with Gasteiger partial charge in [0.25, 0.3) is 0 Å². The fourth-order valence-electron chi connectivity index (χ4n) is 6.44. The summed E-state index contributed by atoms with van der Waals surface area (Å²) in [5.41, 5.74) is 2.47. The normalized spacial score (nSPS) is 39.4. The van der Waals surface area contributed by atoms with Gasteiger partial charge in [-0.15, -0.1) is 0 Å². The molecule has 0 aromatic heterocycles. The van der Waals surface area contributed by atoms with Crippen LogP contribution in [0, 0.1) is 23.2 Å². The highest BCUT2D eigenvalue weighted by atomic mass is 16.4. The van der Waals surface area contributed by atoms with E-state index >= 15 is 0 Å². The maximum absolute atomic E-state index is 11.2. The van der Waals surface area contributed by atoms with E-state index in [-0.39, 0.29) is 17.9 Å². The van der Waals surface area contributed by atoms with Crippen LogP contribution in [-0.4, -0.2) is 27.4 Å². The van der Waals surface area contributed by atoms with Crippen LogP contribution in [0.4, 0.5) is 0 Å². The molecule has 0 bridgehead atoms. The Hall–Kier alpha value is -1.55. The van der Waals surface area contributed by atoms with Gasteiger partial charge >= 0.3 is 5.97 Å². The molecule has 4 rings (SSSR count). The Morgan fingerprint density at radius 3 is 2.84 bits per heavy atom. The number of phenols is 1. The van der Waals surface area contributed by atoms with E-state index in [0.29, 0.717) is 35.8 Å². The van der Waals surface area contributed by atoms with Crippen molar-refractivity contribution < 1.29 is 20.1 Å². The molecule has 3 aliphatic rings. The second-order valence-electron chi connectivity index (χ2n) is 8.71. The smallest absolute Gasteiger partial charge is 0.303 e. The highest BCUT2D eigenvalue weighted by Gasteiger charge is 2.57. The van der Waals surface area contributed by atoms with E-state index in [0.717, 1.165) is 32.1 Å². The van der Waals surface area contributed by atoms with Crippen LogP contribution in [-0.2, 0) is 11.2 Å². The first-order chi connectivity index (χ1) is 11.9. The molecule has 1 aromatic carbocycles. The molecule has 0 aliphatic heterocycles. The van der Waals surface area contributed by atoms with Gasteiger partial charge in [0.05, 0.1) is 6.10 Å². The maximum atomic E-state index is 11.2. The summed E-state index contributed by atoms with van der Waals surface area (Å²) in [7, 11) is 0. The van der Waals surface area contributed by atoms with E-state index in [2.05, 4.69) is 13.0 Å². The fraction of sp³-hybridized carbons (Fsp3) is 0.667. The fourth-order valence-corrected chi connectivity index (χ4v) is 6.44. The predicted molar refractivity (Wildman–Crippen MR) is 94.5 cm³/mol. The lowest BCUT2D eigenvalue weighted by atomic mass is 9.51. The number of rotatable bonds is 3. The Balaban J connectivity index is 1.73. The third-order valence-electron chi connectivity index (χ3n) is 7.51. The number of carbonyl (C=O) groups is 1. The zero-order valence-corrected chi connectivity index (χ0v) is 14.8. The van der Waals surface area contributed by atoms with Crippen molar-refractivity contribution >= 4 is 5.97 Å². The van der Waals surface area contributed by atoms with Gasteiger partial charge in [-0.3, -0.25) is 4.79 Å². The average molecular weight is 344 g/mol. The van der Waals surface area contributed by atoms with Crippen LogP contribution < -0.4 is 0 Å². The maximum Gasteiger partial charge on any atom is 0.303 e. The minimum Gasteiger partial charge on any atom is -0.508 e. The van der Waals surface area contributed by atoms with Crippen molar-refractivity contribution in [3.8, 4) is 5.75 Å². The van der Waals surface area contributed by atoms with Gasteiger partial charge in [-0.25, -0.2) is 0 Å². The summed E-state index contributed by atoms with van der Waals surface area (Å²) >= 11 is 0. The van der Waals surface area contributed by atoms with E-state index < -0.39 is 5.97 Å². The Kier molecular flexibility index (Phi) is 4.06. The van der Waals surface area contributed by atoms with Crippen molar-refractivity contribution in [2.24, 2.45) is 23.2 Å². The van der Waals surface area contributed by atoms with Gasteiger partial charge in [-0.05, 0) is 90.9 Å². The molecule has 0 heterocycles. The van der Waals surface area contributed by atoms with E-state index in [1.165, 1.54) is 11.1 Å². The number of phenolic OH excluding ortho intramolecular Hbond substituents is 1. The molecule has 136 valence electrons. The minimum absolute atomic E-state index is 0.0707. The van der Waals surface area contributed by atoms with Crippen molar-refractivity contribution in [2.75, 3.05) is 0 Å². The van der Waals surface area contributed by atoms with Crippen LogP contribution in [0.5, 0.6) is 5.75 Å². The summed E-state index contributed by atoms with van der Waals surface area (Å²) < 4.78 is 0. The zero-order valence-electron chi connectivity index (χ0n) is 14.8. The predicted octanol–water partition coefficient (Wildman–Crippen LogP) is 3.70. The molecule has 0 amide bonds. The summed E-state index contributed by atoms with van der Waals surface area (Å²) in [5.74, 6) is 1.28. The first-order valence-electron chi connectivity index (χ1n) is 9.62. The third-order valence-corrected chi connectivity index (χ3v) is 7.51. The number of benzene rings is 1. The lowest BCUT2D eigenvalue weighted by Gasteiger charge is -2.54. The molecule has 6 atom stereocenters. The third kappa shape index (κ3) is 2.66. The first-order valence-corrected chi connectivity index (χ1v) is 9.62. The molecule has 0 spiro atoms. The lowest BCUT2D eigenvalue weighted by Crippen LogP contribution is -2.48. The second kappa shape index (κ2) is 6.01. The minimum atomic E-state index is -0.738. The van der Waals surface area contributed by atoms with Gasteiger partial charge < -0.3 is 15.3 Å². The van der Waals surface area contributed by atoms with E-state index in [9.17, 15) is 20.1 Å². The molecular formula is C21H28O4. The Morgan fingerprint density at radius 2 is 2.08 bits per heavy atom. The number of hydrogen-bond acceptors (Lipinski definition) is 3. The van der Waals surface area contributed by atoms with Gasteiger partial charge in [0.1, 0.15) is 5.75 Å². The van der Waals surface area contributed by atoms with E-state index in [1.807, 2.05) is 6.07 Å². The van der Waals surface area contributed by atoms with Gasteiger partial charge in [-0.1, -0.05) is 13.0 Å². The molecule has 0 saturated heterocycles. The van der Waals surface area contributed by atoms with Gasteiger partial charge in [-0.2, -0.15) is 0 Å². The molecular weight excluding hydrogens is 316 g/mol. The number of aliphatic hydroxyl groups excluding tert-OH is 1. The summed E-state index contributed by atoms with van der Waals surface area (Å²) in [6, 6.07) is 5.72. The van der Waals surface area contributed by atoms with Crippen LogP contribution in [0.15, 0.2) is 18.2 Å². The van der Waals surface area contributed by atoms with Crippen molar-refractivity contribution in [3.63, 3.8) is 0 Å². The summed E-state index contributed by atoms with van der Waals surface area (Å²) in [5, 5.41) is 29.7. The quantitative estimate of drug-likeness (QED) is 0.781. The summed E-state index contributed by atoms with van der Waals surface area (Å²) in [6.45, 7) is 2.23. The van der Waals surface area contributed by atoms with Crippen molar-refractivity contribution in [1.82, 2.24) is 0 Å². The van der Waals surface area contributed by atoms with Crippen molar-refractivity contribution in [1.29, 1.82) is 0 Å². The summed E-state index contributed by atoms with van der Waals surface area (Å²) in [4.78, 5) is 11.2. The van der Waals surface area contributed by atoms with E-state index in [4.69, 9.17) is 0 Å². The SMILES string of the molecule is C[C@]12C[C@H](CCC(=O)O)[C@@H]3c4ccc(O)cc4CC[C@H]3[C@@H]1CC[C@@H]2O. The number of hydrogen-bond donors (Lipinski definition) is 3. The second-order valence-corrected chi connectivity index (χ2v) is 8.71. The highest BCUT2D eigenvalue weighted by molar-refractivity contribution is 5.66. The summed E-state index contributed by atoms with van der Waals surface area (Å²) in [6.07, 6.45) is 5.53. The van der Waals surface area contributed by atoms with Crippen LogP contribution in [0.25, 0.3) is 0 Å². The number of aliphatic hydroxyl groups is 1. The molecule has 3 N–H and O–H groups in total. The Labute approximate surface area is 148 Å². The molecule has 0 radical (unpaired) electrons. The molecule has 4 heteroatoms. The molecule has 0 unspecified atom stereocenters. The number of carboxylic acid groups (broad SMARTS) is 1. The average Bonchev–Trinajstić information content (AvgIpc) is 2.87. The Bertz CT molecular complexity index is 684. The molecule has 1 aromatic rings. The highest BCUT2D eigenvalue weighted by Crippen LogP contribution is 2.63. The van der Waals surface area contributed by atoms with Crippen LogP contribution in [0.2, 0.25) is 0 Å². The first kappa shape index (κ1) is 16.9. The molecule has 25 heavy (non-hydrogen) atoms.